The summed E-state index contributed by atoms with van der Waals surface area (Å²) in [7, 11) is 1.90. The summed E-state index contributed by atoms with van der Waals surface area (Å²) < 4.78 is 0. The lowest BCUT2D eigenvalue weighted by Crippen LogP contribution is -2.31. The molecular weight excluding hydrogens is 588 g/mol. The molecule has 0 atom stereocenters. The van der Waals surface area contributed by atoms with Crippen molar-refractivity contribution in [2.75, 3.05) is 44.0 Å². The van der Waals surface area contributed by atoms with E-state index in [1.54, 1.807) is 24.4 Å². The van der Waals surface area contributed by atoms with Crippen LogP contribution in [0.15, 0.2) is 73.1 Å². The largest absolute Gasteiger partial charge is 0.465 e. The molecule has 240 valence electrons. The molecule has 0 aliphatic carbocycles. The van der Waals surface area contributed by atoms with Gasteiger partial charge in [0.2, 0.25) is 0 Å². The second-order valence-corrected chi connectivity index (χ2v) is 10.9. The normalized spacial score (nSPS) is 10.9. The maximum Gasteiger partial charge on any atom is 0.407 e. The second kappa shape index (κ2) is 15.7. The van der Waals surface area contributed by atoms with Crippen molar-refractivity contribution in [3.05, 3.63) is 107 Å². The number of carboxylic acid groups (broad SMARTS) is 1. The van der Waals surface area contributed by atoms with Gasteiger partial charge in [-0.2, -0.15) is 0 Å². The highest BCUT2D eigenvalue weighted by Gasteiger charge is 2.17. The number of likely N-dealkylation sites (N-methyl/N-ethyl adjacent to an activating group) is 1. The van der Waals surface area contributed by atoms with Crippen molar-refractivity contribution in [2.24, 2.45) is 0 Å². The number of hydrogen-bond acceptors (Lipinski definition) is 8. The zero-order valence-corrected chi connectivity index (χ0v) is 26.0. The predicted molar refractivity (Wildman–Crippen MR) is 175 cm³/mol. The molecule has 2 heterocycles. The summed E-state index contributed by atoms with van der Waals surface area (Å²) in [5, 5.41) is 33.3. The monoisotopic (exact) mass is 626 g/mol. The van der Waals surface area contributed by atoms with E-state index in [-0.39, 0.29) is 43.6 Å². The zero-order valence-electron chi connectivity index (χ0n) is 26.0. The van der Waals surface area contributed by atoms with E-state index < -0.39 is 12.0 Å². The van der Waals surface area contributed by atoms with E-state index in [2.05, 4.69) is 20.6 Å². The Morgan fingerprint density at radius 2 is 1.17 bits per heavy atom. The minimum atomic E-state index is -1.16. The molecule has 46 heavy (non-hydrogen) atoms. The highest BCUT2D eigenvalue weighted by Crippen LogP contribution is 2.34. The molecule has 0 spiro atoms. The number of nitrogens with one attached hydrogen (secondary N) is 2. The van der Waals surface area contributed by atoms with Crippen LogP contribution in [0.25, 0.3) is 11.1 Å². The van der Waals surface area contributed by atoms with Gasteiger partial charge >= 0.3 is 6.09 Å². The van der Waals surface area contributed by atoms with Crippen LogP contribution in [0.5, 0.6) is 0 Å². The number of benzene rings is 2. The number of aliphatic hydroxyl groups excluding tert-OH is 2. The number of aromatic nitrogens is 2. The molecule has 0 aliphatic rings. The van der Waals surface area contributed by atoms with Crippen molar-refractivity contribution in [2.45, 2.75) is 26.9 Å². The Balaban J connectivity index is 1.47. The van der Waals surface area contributed by atoms with Gasteiger partial charge in [-0.3, -0.25) is 24.5 Å². The van der Waals surface area contributed by atoms with Gasteiger partial charge in [-0.1, -0.05) is 36.4 Å². The smallest absolute Gasteiger partial charge is 0.407 e. The SMILES string of the molecule is Cc1c(NC(=O)c2ccc(CN(C)CCO)cn2)cccc1-c1cccc(NC(=O)c2ccc(CN(CCO)C(=O)O)cn2)c1C. The van der Waals surface area contributed by atoms with Crippen molar-refractivity contribution in [3.63, 3.8) is 0 Å². The Hall–Kier alpha value is -5.17. The Kier molecular flexibility index (Phi) is 11.5. The minimum absolute atomic E-state index is 0.0294. The van der Waals surface area contributed by atoms with E-state index in [0.717, 1.165) is 32.7 Å². The van der Waals surface area contributed by atoms with E-state index in [1.165, 1.54) is 12.3 Å². The van der Waals surface area contributed by atoms with Crippen LogP contribution in [0.1, 0.15) is 43.2 Å². The van der Waals surface area contributed by atoms with Gasteiger partial charge in [0.05, 0.1) is 19.8 Å². The first-order chi connectivity index (χ1) is 22.1. The van der Waals surface area contributed by atoms with Crippen molar-refractivity contribution in [1.82, 2.24) is 19.8 Å². The third kappa shape index (κ3) is 8.51. The number of amides is 3. The van der Waals surface area contributed by atoms with Gasteiger partial charge in [0.1, 0.15) is 11.4 Å². The van der Waals surface area contributed by atoms with Crippen LogP contribution in [0.4, 0.5) is 16.2 Å². The first kappa shape index (κ1) is 33.7. The summed E-state index contributed by atoms with van der Waals surface area (Å²) in [6, 6.07) is 17.9. The van der Waals surface area contributed by atoms with Crippen LogP contribution in [0, 0.1) is 13.8 Å². The molecule has 0 fully saturated rings. The van der Waals surface area contributed by atoms with Gasteiger partial charge in [0, 0.05) is 43.4 Å². The lowest BCUT2D eigenvalue weighted by molar-refractivity contribution is 0.101. The van der Waals surface area contributed by atoms with Gasteiger partial charge in [0.25, 0.3) is 11.8 Å². The molecule has 12 heteroatoms. The summed E-state index contributed by atoms with van der Waals surface area (Å²) in [6.45, 7) is 4.75. The quantitative estimate of drug-likeness (QED) is 0.146. The molecule has 0 aliphatic heterocycles. The van der Waals surface area contributed by atoms with Crippen LogP contribution in [0.2, 0.25) is 0 Å². The molecule has 2 aromatic carbocycles. The molecule has 4 aromatic rings. The molecule has 5 N–H and O–H groups in total. The Morgan fingerprint density at radius 1 is 0.696 bits per heavy atom. The maximum atomic E-state index is 13.1. The summed E-state index contributed by atoms with van der Waals surface area (Å²) >= 11 is 0. The predicted octanol–water partition coefficient (Wildman–Crippen LogP) is 4.16. The van der Waals surface area contributed by atoms with Crippen molar-refractivity contribution < 1.29 is 29.7 Å². The lowest BCUT2D eigenvalue weighted by atomic mass is 9.94. The number of aliphatic hydroxyl groups is 2. The van der Waals surface area contributed by atoms with E-state index in [9.17, 15) is 19.5 Å². The van der Waals surface area contributed by atoms with Gasteiger partial charge in [-0.15, -0.1) is 0 Å². The molecule has 4 rings (SSSR count). The van der Waals surface area contributed by atoms with Crippen LogP contribution >= 0.6 is 0 Å². The second-order valence-electron chi connectivity index (χ2n) is 10.9. The highest BCUT2D eigenvalue weighted by molar-refractivity contribution is 6.05. The third-order valence-electron chi connectivity index (χ3n) is 7.52. The zero-order chi connectivity index (χ0) is 33.2. The average molecular weight is 627 g/mol. The summed E-state index contributed by atoms with van der Waals surface area (Å²) in [4.78, 5) is 49.0. The molecule has 0 saturated carbocycles. The standard InChI is InChI=1S/C34H38N6O6/c1-22-26(6-4-8-28(22)37-32(43)30-12-10-24(18-35-30)20-39(3)14-16-41)27-7-5-9-29(23(27)2)38-33(44)31-13-11-25(19-36-31)21-40(15-17-42)34(45)46/h4-13,18-19,41-42H,14-17,20-21H2,1-3H3,(H,37,43)(H,38,44)(H,45,46). The Labute approximate surface area is 267 Å². The molecule has 3 amide bonds. The first-order valence-corrected chi connectivity index (χ1v) is 14.7. The van der Waals surface area contributed by atoms with Gasteiger partial charge in [-0.05, 0) is 78.5 Å². The van der Waals surface area contributed by atoms with Gasteiger partial charge < -0.3 is 30.9 Å². The van der Waals surface area contributed by atoms with Crippen molar-refractivity contribution in [3.8, 4) is 11.1 Å². The number of pyridine rings is 2. The molecule has 12 nitrogen and oxygen atoms in total. The number of anilines is 2. The average Bonchev–Trinajstić information content (AvgIpc) is 3.03. The minimum Gasteiger partial charge on any atom is -0.465 e. The lowest BCUT2D eigenvalue weighted by Gasteiger charge is -2.18. The maximum absolute atomic E-state index is 13.1. The fraction of sp³-hybridized carbons (Fsp3) is 0.265. The van der Waals surface area contributed by atoms with Crippen molar-refractivity contribution >= 4 is 29.3 Å². The Morgan fingerprint density at radius 3 is 1.59 bits per heavy atom. The van der Waals surface area contributed by atoms with E-state index in [1.807, 2.05) is 62.2 Å². The fourth-order valence-corrected chi connectivity index (χ4v) is 4.95. The van der Waals surface area contributed by atoms with Crippen LogP contribution < -0.4 is 10.6 Å². The van der Waals surface area contributed by atoms with E-state index in [4.69, 9.17) is 10.2 Å². The molecule has 0 bridgehead atoms. The molecule has 0 unspecified atom stereocenters. The third-order valence-corrected chi connectivity index (χ3v) is 7.52. The van der Waals surface area contributed by atoms with Crippen molar-refractivity contribution in [1.29, 1.82) is 0 Å². The number of hydrogen-bond donors (Lipinski definition) is 5. The summed E-state index contributed by atoms with van der Waals surface area (Å²) in [5.41, 5.74) is 6.62. The van der Waals surface area contributed by atoms with E-state index in [0.29, 0.717) is 30.0 Å². The van der Waals surface area contributed by atoms with Gasteiger partial charge in [-0.25, -0.2) is 4.79 Å². The van der Waals surface area contributed by atoms with Crippen LogP contribution in [-0.2, 0) is 13.1 Å². The van der Waals surface area contributed by atoms with Gasteiger partial charge in [0.15, 0.2) is 0 Å². The molecular formula is C34H38N6O6. The fourth-order valence-electron chi connectivity index (χ4n) is 4.95. The molecule has 2 aromatic heterocycles. The Bertz CT molecular complexity index is 1680. The number of carbonyl (C=O) groups is 3. The number of carbonyl (C=O) groups excluding carboxylic acids is 2. The van der Waals surface area contributed by atoms with Crippen LogP contribution in [0.3, 0.4) is 0 Å². The topological polar surface area (TPSA) is 168 Å². The number of rotatable bonds is 13. The molecule has 0 saturated heterocycles. The highest BCUT2D eigenvalue weighted by atomic mass is 16.4. The molecule has 0 radical (unpaired) electrons. The van der Waals surface area contributed by atoms with Crippen LogP contribution in [-0.4, -0.2) is 86.3 Å². The van der Waals surface area contributed by atoms with E-state index >= 15 is 0 Å². The number of nitrogens with zero attached hydrogens (tertiary/aromatic N) is 4. The first-order valence-electron chi connectivity index (χ1n) is 14.7. The summed E-state index contributed by atoms with van der Waals surface area (Å²) in [5.74, 6) is -0.760. The summed E-state index contributed by atoms with van der Waals surface area (Å²) in [6.07, 6.45) is 1.94.